The van der Waals surface area contributed by atoms with E-state index in [2.05, 4.69) is 48.6 Å². The summed E-state index contributed by atoms with van der Waals surface area (Å²) >= 11 is 0. The molecule has 0 saturated heterocycles. The quantitative estimate of drug-likeness (QED) is 0.680. The average molecular weight is 250 g/mol. The van der Waals surface area contributed by atoms with E-state index in [0.29, 0.717) is 6.61 Å². The third-order valence-electron chi connectivity index (χ3n) is 2.87. The van der Waals surface area contributed by atoms with Crippen LogP contribution in [0.3, 0.4) is 0 Å². The van der Waals surface area contributed by atoms with Crippen LogP contribution in [0.2, 0.25) is 0 Å². The van der Waals surface area contributed by atoms with Crippen molar-refractivity contribution in [1.29, 1.82) is 0 Å². The number of nitrogens with zero attached hydrogens (tertiary/aromatic N) is 1. The van der Waals surface area contributed by atoms with E-state index in [-0.39, 0.29) is 0 Å². The van der Waals surface area contributed by atoms with Crippen molar-refractivity contribution in [2.24, 2.45) is 0 Å². The van der Waals surface area contributed by atoms with E-state index >= 15 is 0 Å². The molecule has 0 aromatic heterocycles. The fraction of sp³-hybridized carbons (Fsp3) is 0.600. The minimum absolute atomic E-state index is 0.693. The molecule has 0 spiro atoms. The first-order valence-electron chi connectivity index (χ1n) is 6.64. The molecule has 102 valence electrons. The Morgan fingerprint density at radius 3 is 2.33 bits per heavy atom. The van der Waals surface area contributed by atoms with Gasteiger partial charge in [-0.2, -0.15) is 0 Å². The number of hydrogen-bond acceptors (Lipinski definition) is 3. The van der Waals surface area contributed by atoms with Gasteiger partial charge in [0.1, 0.15) is 0 Å². The van der Waals surface area contributed by atoms with Crippen LogP contribution in [0.4, 0.5) is 0 Å². The van der Waals surface area contributed by atoms with Crippen LogP contribution < -0.4 is 5.32 Å². The van der Waals surface area contributed by atoms with Gasteiger partial charge in [0.2, 0.25) is 0 Å². The van der Waals surface area contributed by atoms with Gasteiger partial charge in [-0.15, -0.1) is 0 Å². The highest BCUT2D eigenvalue weighted by Crippen LogP contribution is 2.05. The lowest BCUT2D eigenvalue weighted by Crippen LogP contribution is -2.18. The van der Waals surface area contributed by atoms with Crippen LogP contribution in [0.25, 0.3) is 0 Å². The summed E-state index contributed by atoms with van der Waals surface area (Å²) in [5.41, 5.74) is 2.56. The molecular weight excluding hydrogens is 224 g/mol. The van der Waals surface area contributed by atoms with Gasteiger partial charge >= 0.3 is 0 Å². The molecule has 1 N–H and O–H groups in total. The molecule has 0 amide bonds. The molecule has 0 atom stereocenters. The van der Waals surface area contributed by atoms with Crippen molar-refractivity contribution in [3.63, 3.8) is 0 Å². The van der Waals surface area contributed by atoms with E-state index in [0.717, 1.165) is 13.1 Å². The first kappa shape index (κ1) is 15.2. The van der Waals surface area contributed by atoms with E-state index in [1.165, 1.54) is 30.5 Å². The Morgan fingerprint density at radius 2 is 1.72 bits per heavy atom. The van der Waals surface area contributed by atoms with Gasteiger partial charge in [-0.3, -0.25) is 0 Å². The zero-order valence-corrected chi connectivity index (χ0v) is 11.9. The molecule has 0 fully saturated rings. The van der Waals surface area contributed by atoms with Crippen molar-refractivity contribution < 1.29 is 4.74 Å². The first-order valence-corrected chi connectivity index (χ1v) is 6.64. The third-order valence-corrected chi connectivity index (χ3v) is 2.87. The minimum atomic E-state index is 0.693. The van der Waals surface area contributed by atoms with Crippen molar-refractivity contribution in [3.05, 3.63) is 35.4 Å². The van der Waals surface area contributed by atoms with Crippen LogP contribution in [-0.4, -0.2) is 39.2 Å². The molecule has 0 bridgehead atoms. The molecule has 3 heteroatoms. The molecule has 0 heterocycles. The summed E-state index contributed by atoms with van der Waals surface area (Å²) in [6.45, 7) is 3.91. The lowest BCUT2D eigenvalue weighted by atomic mass is 10.1. The Balaban J connectivity index is 2.11. The second kappa shape index (κ2) is 9.09. The van der Waals surface area contributed by atoms with Gasteiger partial charge in [-0.25, -0.2) is 0 Å². The predicted molar refractivity (Wildman–Crippen MR) is 76.6 cm³/mol. The standard InChI is InChI=1S/C15H26N2O/c1-17(2)11-5-4-10-16-12-14-6-8-15(9-7-14)13-18-3/h6-9,16H,4-5,10-13H2,1-3H3. The lowest BCUT2D eigenvalue weighted by Gasteiger charge is -2.09. The topological polar surface area (TPSA) is 24.5 Å². The highest BCUT2D eigenvalue weighted by molar-refractivity contribution is 5.21. The summed E-state index contributed by atoms with van der Waals surface area (Å²) < 4.78 is 5.09. The second-order valence-electron chi connectivity index (χ2n) is 4.94. The highest BCUT2D eigenvalue weighted by Gasteiger charge is 1.95. The van der Waals surface area contributed by atoms with Crippen molar-refractivity contribution in [2.45, 2.75) is 26.0 Å². The number of nitrogens with one attached hydrogen (secondary N) is 1. The monoisotopic (exact) mass is 250 g/mol. The van der Waals surface area contributed by atoms with Crippen LogP contribution >= 0.6 is 0 Å². The van der Waals surface area contributed by atoms with Crippen LogP contribution in [0.5, 0.6) is 0 Å². The summed E-state index contributed by atoms with van der Waals surface area (Å²) in [6.07, 6.45) is 2.49. The van der Waals surface area contributed by atoms with Gasteiger partial charge in [-0.1, -0.05) is 24.3 Å². The molecule has 0 aliphatic rings. The van der Waals surface area contributed by atoms with E-state index < -0.39 is 0 Å². The molecule has 1 aromatic rings. The molecule has 1 rings (SSSR count). The molecule has 0 aliphatic heterocycles. The van der Waals surface area contributed by atoms with Crippen molar-refractivity contribution in [1.82, 2.24) is 10.2 Å². The molecule has 1 aromatic carbocycles. The van der Waals surface area contributed by atoms with Gasteiger partial charge in [0.05, 0.1) is 6.61 Å². The maximum absolute atomic E-state index is 5.09. The van der Waals surface area contributed by atoms with Crippen LogP contribution in [0, 0.1) is 0 Å². The second-order valence-corrected chi connectivity index (χ2v) is 4.94. The average Bonchev–Trinajstić information content (AvgIpc) is 2.35. The summed E-state index contributed by atoms with van der Waals surface area (Å²) in [6, 6.07) is 8.60. The molecule has 0 radical (unpaired) electrons. The fourth-order valence-corrected chi connectivity index (χ4v) is 1.83. The Morgan fingerprint density at radius 1 is 1.06 bits per heavy atom. The van der Waals surface area contributed by atoms with E-state index in [4.69, 9.17) is 4.74 Å². The smallest absolute Gasteiger partial charge is 0.0713 e. The summed E-state index contributed by atoms with van der Waals surface area (Å²) in [5.74, 6) is 0. The van der Waals surface area contributed by atoms with Gasteiger partial charge < -0.3 is 15.0 Å². The Labute approximate surface area is 111 Å². The van der Waals surface area contributed by atoms with Gasteiger partial charge in [0.25, 0.3) is 0 Å². The van der Waals surface area contributed by atoms with Gasteiger partial charge in [-0.05, 0) is 51.2 Å². The van der Waals surface area contributed by atoms with Crippen molar-refractivity contribution >= 4 is 0 Å². The minimum Gasteiger partial charge on any atom is -0.380 e. The summed E-state index contributed by atoms with van der Waals surface area (Å²) in [5, 5.41) is 3.48. The number of benzene rings is 1. The zero-order valence-electron chi connectivity index (χ0n) is 11.9. The molecule has 3 nitrogen and oxygen atoms in total. The van der Waals surface area contributed by atoms with E-state index in [1.54, 1.807) is 7.11 Å². The summed E-state index contributed by atoms with van der Waals surface area (Å²) in [7, 11) is 5.97. The maximum atomic E-state index is 5.09. The number of ether oxygens (including phenoxy) is 1. The van der Waals surface area contributed by atoms with Gasteiger partial charge in [0.15, 0.2) is 0 Å². The fourth-order valence-electron chi connectivity index (χ4n) is 1.83. The molecule has 0 unspecified atom stereocenters. The predicted octanol–water partition coefficient (Wildman–Crippen LogP) is 2.26. The third kappa shape index (κ3) is 6.74. The van der Waals surface area contributed by atoms with Crippen molar-refractivity contribution in [3.8, 4) is 0 Å². The number of hydrogen-bond donors (Lipinski definition) is 1. The Kier molecular flexibility index (Phi) is 7.65. The van der Waals surface area contributed by atoms with E-state index in [9.17, 15) is 0 Å². The first-order chi connectivity index (χ1) is 8.72. The largest absolute Gasteiger partial charge is 0.380 e. The highest BCUT2D eigenvalue weighted by atomic mass is 16.5. The maximum Gasteiger partial charge on any atom is 0.0713 e. The van der Waals surface area contributed by atoms with E-state index in [1.807, 2.05) is 0 Å². The van der Waals surface area contributed by atoms with Crippen LogP contribution in [0.1, 0.15) is 24.0 Å². The lowest BCUT2D eigenvalue weighted by molar-refractivity contribution is 0.185. The molecular formula is C15H26N2O. The molecule has 0 aliphatic carbocycles. The normalized spacial score (nSPS) is 11.1. The Hall–Kier alpha value is -0.900. The SMILES string of the molecule is COCc1ccc(CNCCCCN(C)C)cc1. The Bertz CT molecular complexity index is 309. The number of methoxy groups -OCH3 is 1. The van der Waals surface area contributed by atoms with Gasteiger partial charge in [0, 0.05) is 13.7 Å². The molecule has 0 saturated carbocycles. The molecule has 18 heavy (non-hydrogen) atoms. The zero-order chi connectivity index (χ0) is 13.2. The number of rotatable bonds is 9. The van der Waals surface area contributed by atoms with Crippen LogP contribution in [0.15, 0.2) is 24.3 Å². The van der Waals surface area contributed by atoms with Crippen molar-refractivity contribution in [2.75, 3.05) is 34.3 Å². The number of unbranched alkanes of at least 4 members (excludes halogenated alkanes) is 1. The van der Waals surface area contributed by atoms with Crippen LogP contribution in [-0.2, 0) is 17.9 Å². The summed E-state index contributed by atoms with van der Waals surface area (Å²) in [4.78, 5) is 2.23.